The van der Waals surface area contributed by atoms with Gasteiger partial charge in [0.25, 0.3) is 0 Å². The first kappa shape index (κ1) is 25.8. The first-order valence-electron chi connectivity index (χ1n) is 13.6. The van der Waals surface area contributed by atoms with Gasteiger partial charge in [-0.25, -0.2) is 19.7 Å². The predicted molar refractivity (Wildman–Crippen MR) is 153 cm³/mol. The molecule has 4 heterocycles. The van der Waals surface area contributed by atoms with Crippen LogP contribution in [0.3, 0.4) is 0 Å². The Hall–Kier alpha value is -4.44. The number of piperidine rings is 1. The second-order valence-corrected chi connectivity index (χ2v) is 10.4. The fourth-order valence-corrected chi connectivity index (χ4v) is 5.59. The van der Waals surface area contributed by atoms with Crippen LogP contribution in [0.2, 0.25) is 0 Å². The van der Waals surface area contributed by atoms with E-state index in [-0.39, 0.29) is 12.1 Å². The Labute approximate surface area is 232 Å². The van der Waals surface area contributed by atoms with Crippen LogP contribution in [0.15, 0.2) is 60.9 Å². The number of carbonyl (C=O) groups is 1. The minimum Gasteiger partial charge on any atom is -0.465 e. The Kier molecular flexibility index (Phi) is 7.08. The molecule has 4 aromatic rings. The van der Waals surface area contributed by atoms with Crippen LogP contribution in [-0.2, 0) is 0 Å². The first-order chi connectivity index (χ1) is 19.5. The fraction of sp³-hybridized carbons (Fsp3) is 0.333. The van der Waals surface area contributed by atoms with Gasteiger partial charge in [-0.15, -0.1) is 0 Å². The summed E-state index contributed by atoms with van der Waals surface area (Å²) in [4.78, 5) is 28.7. The monoisotopic (exact) mass is 540 g/mol. The maximum absolute atomic E-state index is 11.4. The number of likely N-dealkylation sites (tertiary alicyclic amines) is 1. The van der Waals surface area contributed by atoms with Crippen molar-refractivity contribution in [1.29, 1.82) is 0 Å². The third-order valence-electron chi connectivity index (χ3n) is 7.62. The number of amides is 1. The molecule has 1 unspecified atom stereocenters. The summed E-state index contributed by atoms with van der Waals surface area (Å²) in [5.41, 5.74) is 3.43. The van der Waals surface area contributed by atoms with Gasteiger partial charge in [-0.1, -0.05) is 24.3 Å². The number of rotatable bonds is 6. The summed E-state index contributed by atoms with van der Waals surface area (Å²) < 4.78 is 6.55. The number of β-amino-alcohol motifs (C(OH)–C–C–N with tert-alkyl or cyclic N) is 1. The number of carboxylic acid groups (broad SMARTS) is 1. The average Bonchev–Trinajstić information content (AvgIpc) is 3.40. The molecule has 10 heteroatoms. The number of fused-ring (bicyclic) bond motifs is 1. The van der Waals surface area contributed by atoms with Crippen LogP contribution in [0, 0.1) is 6.92 Å². The Morgan fingerprint density at radius 3 is 2.73 bits per heavy atom. The lowest BCUT2D eigenvalue weighted by molar-refractivity contribution is 0.132. The number of aryl methyl sites for hydroxylation is 1. The second kappa shape index (κ2) is 11.0. The van der Waals surface area contributed by atoms with Crippen molar-refractivity contribution in [3.8, 4) is 22.9 Å². The van der Waals surface area contributed by atoms with E-state index in [0.717, 1.165) is 59.1 Å². The number of anilines is 2. The van der Waals surface area contributed by atoms with Crippen molar-refractivity contribution in [1.82, 2.24) is 19.9 Å². The van der Waals surface area contributed by atoms with Gasteiger partial charge in [0.15, 0.2) is 0 Å². The maximum Gasteiger partial charge on any atom is 0.407 e. The quantitative estimate of drug-likeness (QED) is 0.313. The van der Waals surface area contributed by atoms with Crippen LogP contribution in [-0.4, -0.2) is 74.5 Å². The molecule has 1 amide bonds. The zero-order valence-electron chi connectivity index (χ0n) is 22.3. The first-order valence-corrected chi connectivity index (χ1v) is 13.6. The number of nitrogens with one attached hydrogen (secondary N) is 1. The summed E-state index contributed by atoms with van der Waals surface area (Å²) >= 11 is 0. The Morgan fingerprint density at radius 1 is 1.00 bits per heavy atom. The van der Waals surface area contributed by atoms with E-state index < -0.39 is 6.09 Å². The number of ether oxygens (including phenoxy) is 1. The molecule has 2 atom stereocenters. The van der Waals surface area contributed by atoms with Crippen molar-refractivity contribution in [2.75, 3.05) is 36.4 Å². The molecule has 2 aliphatic heterocycles. The molecule has 0 bridgehead atoms. The number of pyridine rings is 1. The molecular formula is C30H32N6O4. The molecule has 0 aliphatic carbocycles. The van der Waals surface area contributed by atoms with Crippen LogP contribution < -0.4 is 15.0 Å². The van der Waals surface area contributed by atoms with Crippen LogP contribution >= 0.6 is 0 Å². The molecule has 3 N–H and O–H groups in total. The lowest BCUT2D eigenvalue weighted by Gasteiger charge is -2.31. The fourth-order valence-electron chi connectivity index (χ4n) is 5.59. The van der Waals surface area contributed by atoms with Crippen molar-refractivity contribution in [2.24, 2.45) is 0 Å². The minimum atomic E-state index is -0.910. The van der Waals surface area contributed by atoms with Gasteiger partial charge >= 0.3 is 6.09 Å². The summed E-state index contributed by atoms with van der Waals surface area (Å²) in [6.07, 6.45) is 4.54. The summed E-state index contributed by atoms with van der Waals surface area (Å²) in [5, 5.41) is 24.8. The molecule has 2 fully saturated rings. The SMILES string of the molecule is Cc1ccc2c(N3CCC(O)C3)cccc2c1Oc1ncccc1-c1ccnc(N[C@H]2CCCN(C(=O)O)C2)n1. The van der Waals surface area contributed by atoms with Gasteiger partial charge in [0.1, 0.15) is 5.75 Å². The summed E-state index contributed by atoms with van der Waals surface area (Å²) in [6, 6.07) is 15.8. The van der Waals surface area contributed by atoms with Gasteiger partial charge in [0.2, 0.25) is 11.8 Å². The lowest BCUT2D eigenvalue weighted by Crippen LogP contribution is -2.44. The van der Waals surface area contributed by atoms with Crippen LogP contribution in [0.5, 0.6) is 11.6 Å². The molecule has 0 radical (unpaired) electrons. The Bertz CT molecular complexity index is 1550. The van der Waals surface area contributed by atoms with E-state index in [1.807, 2.05) is 43.3 Å². The second-order valence-electron chi connectivity index (χ2n) is 10.4. The number of benzene rings is 2. The van der Waals surface area contributed by atoms with Crippen molar-refractivity contribution in [2.45, 2.75) is 38.3 Å². The molecule has 2 aromatic heterocycles. The van der Waals surface area contributed by atoms with Crippen LogP contribution in [0.1, 0.15) is 24.8 Å². The Morgan fingerprint density at radius 2 is 1.90 bits per heavy atom. The zero-order valence-corrected chi connectivity index (χ0v) is 22.3. The third kappa shape index (κ3) is 5.22. The Balaban J connectivity index is 1.30. The van der Waals surface area contributed by atoms with E-state index >= 15 is 0 Å². The molecule has 10 nitrogen and oxygen atoms in total. The van der Waals surface area contributed by atoms with Crippen molar-refractivity contribution in [3.63, 3.8) is 0 Å². The van der Waals surface area contributed by atoms with E-state index in [4.69, 9.17) is 9.72 Å². The van der Waals surface area contributed by atoms with E-state index in [1.54, 1.807) is 12.4 Å². The molecule has 2 aromatic carbocycles. The number of hydrogen-bond donors (Lipinski definition) is 3. The lowest BCUT2D eigenvalue weighted by atomic mass is 10.0. The van der Waals surface area contributed by atoms with Crippen LogP contribution in [0.25, 0.3) is 22.0 Å². The van der Waals surface area contributed by atoms with Crippen molar-refractivity contribution >= 4 is 28.5 Å². The summed E-state index contributed by atoms with van der Waals surface area (Å²) in [7, 11) is 0. The number of nitrogens with zero attached hydrogens (tertiary/aromatic N) is 5. The van der Waals surface area contributed by atoms with Gasteiger partial charge in [0, 0.05) is 61.1 Å². The van der Waals surface area contributed by atoms with Crippen molar-refractivity contribution in [3.05, 3.63) is 66.5 Å². The average molecular weight is 541 g/mol. The van der Waals surface area contributed by atoms with Gasteiger partial charge in [-0.2, -0.15) is 0 Å². The van der Waals surface area contributed by atoms with E-state index in [9.17, 15) is 15.0 Å². The molecule has 206 valence electrons. The summed E-state index contributed by atoms with van der Waals surface area (Å²) in [6.45, 7) is 4.38. The highest BCUT2D eigenvalue weighted by atomic mass is 16.5. The minimum absolute atomic E-state index is 0.0611. The highest BCUT2D eigenvalue weighted by Crippen LogP contribution is 2.40. The number of aliphatic hydroxyl groups excluding tert-OH is 1. The number of hydrogen-bond acceptors (Lipinski definition) is 8. The smallest absolute Gasteiger partial charge is 0.407 e. The normalized spacial score (nSPS) is 19.1. The molecular weight excluding hydrogens is 508 g/mol. The molecule has 0 spiro atoms. The van der Waals surface area contributed by atoms with Gasteiger partial charge in [0.05, 0.1) is 17.4 Å². The summed E-state index contributed by atoms with van der Waals surface area (Å²) in [5.74, 6) is 1.59. The highest BCUT2D eigenvalue weighted by Gasteiger charge is 2.25. The number of aromatic nitrogens is 3. The topological polar surface area (TPSA) is 124 Å². The largest absolute Gasteiger partial charge is 0.465 e. The van der Waals surface area contributed by atoms with Gasteiger partial charge < -0.3 is 30.1 Å². The maximum atomic E-state index is 11.4. The predicted octanol–water partition coefficient (Wildman–Crippen LogP) is 4.92. The third-order valence-corrected chi connectivity index (χ3v) is 7.62. The van der Waals surface area contributed by atoms with E-state index in [2.05, 4.69) is 32.3 Å². The van der Waals surface area contributed by atoms with Crippen molar-refractivity contribution < 1.29 is 19.7 Å². The molecule has 0 saturated carbocycles. The zero-order chi connectivity index (χ0) is 27.6. The molecule has 6 rings (SSSR count). The molecule has 40 heavy (non-hydrogen) atoms. The number of aliphatic hydroxyl groups is 1. The highest BCUT2D eigenvalue weighted by molar-refractivity contribution is 5.99. The molecule has 2 aliphatic rings. The standard InChI is InChI=1S/C30H32N6O4/c1-19-9-10-22-23(6-2-8-26(22)35-16-12-21(37)18-35)27(19)40-28-24(7-3-13-31-28)25-11-14-32-29(34-25)33-20-5-4-15-36(17-20)30(38)39/h2-3,6-11,13-14,20-21,37H,4-5,12,15-18H2,1H3,(H,38,39)(H,32,33,34)/t20-,21?/m0/s1. The van der Waals surface area contributed by atoms with Crippen LogP contribution in [0.4, 0.5) is 16.4 Å². The van der Waals surface area contributed by atoms with E-state index in [0.29, 0.717) is 37.2 Å². The molecule has 2 saturated heterocycles. The van der Waals surface area contributed by atoms with Gasteiger partial charge in [-0.05, 0) is 56.0 Å². The van der Waals surface area contributed by atoms with Gasteiger partial charge in [-0.3, -0.25) is 0 Å². The van der Waals surface area contributed by atoms with E-state index in [1.165, 1.54) is 4.90 Å².